The fourth-order valence-corrected chi connectivity index (χ4v) is 11.5. The summed E-state index contributed by atoms with van der Waals surface area (Å²) in [5.41, 5.74) is -3.12. The standard InChI is InChI=1S/C49H58O19S3/c1-16-54-22(50)19-69-40-34-28(57-43(4,5)63-34)25(29-35(40)64-44(6,7)58-29)49(53,26-30-36(65-45(8,9)59-30)41(70-20-23(51)55-17-2)37-31(26)60-46(10,11)66-37)27-32-38(67-47(12,13)61-32)42(71-21-24(52)56-18-3)39-33(27)62-48(14,15)68-39/h53H,16-21H2,1-15H3. The largest absolute Gasteiger partial charge is 0.465 e. The summed E-state index contributed by atoms with van der Waals surface area (Å²) in [6, 6.07) is 0. The van der Waals surface area contributed by atoms with Gasteiger partial charge in [-0.25, -0.2) is 0 Å². The zero-order valence-electron chi connectivity index (χ0n) is 42.3. The molecule has 3 aromatic rings. The number of rotatable bonds is 15. The molecule has 0 unspecified atom stereocenters. The first-order valence-electron chi connectivity index (χ1n) is 23.1. The Morgan fingerprint density at radius 1 is 0.366 bits per heavy atom. The summed E-state index contributed by atoms with van der Waals surface area (Å²) in [7, 11) is 0. The van der Waals surface area contributed by atoms with Gasteiger partial charge in [0.2, 0.25) is 34.7 Å². The summed E-state index contributed by atoms with van der Waals surface area (Å²) in [6.45, 7) is 25.8. The minimum Gasteiger partial charge on any atom is -0.465 e. The van der Waals surface area contributed by atoms with E-state index in [4.69, 9.17) is 71.1 Å². The van der Waals surface area contributed by atoms with Crippen molar-refractivity contribution in [1.29, 1.82) is 0 Å². The fourth-order valence-electron chi connectivity index (χ4n) is 8.89. The van der Waals surface area contributed by atoms with Crippen LogP contribution in [0.15, 0.2) is 14.7 Å². The van der Waals surface area contributed by atoms with Gasteiger partial charge in [-0.3, -0.25) is 14.4 Å². The summed E-state index contributed by atoms with van der Waals surface area (Å²) in [5, 5.41) is 15.3. The molecule has 0 radical (unpaired) electrons. The molecule has 6 aliphatic rings. The van der Waals surface area contributed by atoms with E-state index < -0.39 is 58.2 Å². The molecule has 0 amide bonds. The van der Waals surface area contributed by atoms with Crippen LogP contribution in [-0.4, -0.2) is 94.8 Å². The minimum absolute atomic E-state index is 0.0388. The number of hydrogen-bond acceptors (Lipinski definition) is 22. The van der Waals surface area contributed by atoms with E-state index in [1.807, 2.05) is 0 Å². The van der Waals surface area contributed by atoms with Crippen molar-refractivity contribution in [1.82, 2.24) is 0 Å². The van der Waals surface area contributed by atoms with Crippen LogP contribution in [0.2, 0.25) is 0 Å². The van der Waals surface area contributed by atoms with Crippen molar-refractivity contribution < 1.29 is 90.5 Å². The Morgan fingerprint density at radius 3 is 0.704 bits per heavy atom. The van der Waals surface area contributed by atoms with Crippen LogP contribution in [0, 0.1) is 0 Å². The molecule has 386 valence electrons. The van der Waals surface area contributed by atoms with E-state index >= 15 is 5.11 Å². The highest BCUT2D eigenvalue weighted by Crippen LogP contribution is 2.73. The molecule has 71 heavy (non-hydrogen) atoms. The normalized spacial score (nSPS) is 19.4. The molecule has 0 saturated heterocycles. The van der Waals surface area contributed by atoms with Gasteiger partial charge in [0.05, 0.1) is 53.8 Å². The third kappa shape index (κ3) is 8.93. The molecule has 0 aliphatic carbocycles. The molecule has 1 N–H and O–H groups in total. The molecule has 0 fully saturated rings. The molecule has 9 rings (SSSR count). The van der Waals surface area contributed by atoms with Gasteiger partial charge in [-0.05, 0) is 20.8 Å². The minimum atomic E-state index is -2.77. The second-order valence-electron chi connectivity index (χ2n) is 19.7. The Hall–Kier alpha value is -5.32. The summed E-state index contributed by atoms with van der Waals surface area (Å²) >= 11 is 3.21. The third-order valence-electron chi connectivity index (χ3n) is 11.0. The Bertz CT molecular complexity index is 2330. The van der Waals surface area contributed by atoms with Gasteiger partial charge in [-0.15, -0.1) is 35.3 Å². The summed E-state index contributed by atoms with van der Waals surface area (Å²) in [5.74, 6) is -10.2. The average Bonchev–Trinajstić information content (AvgIpc) is 4.05. The molecule has 6 heterocycles. The molecule has 19 nitrogen and oxygen atoms in total. The summed E-state index contributed by atoms with van der Waals surface area (Å²) < 4.78 is 96.8. The maximum Gasteiger partial charge on any atom is 0.316 e. The Balaban J connectivity index is 1.46. The number of carbonyl (C=O) groups excluding carboxylic acids is 3. The van der Waals surface area contributed by atoms with E-state index in [1.54, 1.807) is 104 Å². The molecule has 0 saturated carbocycles. The number of hydrogen-bond donors (Lipinski definition) is 1. The number of fused-ring (bicyclic) bond motifs is 6. The van der Waals surface area contributed by atoms with Gasteiger partial charge in [-0.2, -0.15) is 0 Å². The second-order valence-corrected chi connectivity index (χ2v) is 22.6. The lowest BCUT2D eigenvalue weighted by Gasteiger charge is -2.35. The van der Waals surface area contributed by atoms with Gasteiger partial charge in [0, 0.05) is 83.1 Å². The summed E-state index contributed by atoms with van der Waals surface area (Å²) in [4.78, 5) is 40.0. The number of esters is 3. The van der Waals surface area contributed by atoms with Crippen LogP contribution in [0.4, 0.5) is 0 Å². The highest BCUT2D eigenvalue weighted by Gasteiger charge is 2.62. The van der Waals surface area contributed by atoms with Crippen molar-refractivity contribution in [2.24, 2.45) is 0 Å². The van der Waals surface area contributed by atoms with Crippen LogP contribution in [0.25, 0.3) is 0 Å². The molecule has 3 aromatic carbocycles. The topological polar surface area (TPSA) is 210 Å². The van der Waals surface area contributed by atoms with Gasteiger partial charge < -0.3 is 76.2 Å². The van der Waals surface area contributed by atoms with Crippen LogP contribution in [0.3, 0.4) is 0 Å². The Morgan fingerprint density at radius 2 is 0.535 bits per heavy atom. The third-order valence-corrected chi connectivity index (χ3v) is 14.1. The average molecular weight is 1050 g/mol. The Labute approximate surface area is 423 Å². The predicted molar refractivity (Wildman–Crippen MR) is 256 cm³/mol. The van der Waals surface area contributed by atoms with Crippen LogP contribution >= 0.6 is 35.3 Å². The van der Waals surface area contributed by atoms with Gasteiger partial charge in [-0.1, -0.05) is 0 Å². The lowest BCUT2D eigenvalue weighted by molar-refractivity contribution is -0.140. The predicted octanol–water partition coefficient (Wildman–Crippen LogP) is 8.98. The van der Waals surface area contributed by atoms with Crippen molar-refractivity contribution in [3.05, 3.63) is 16.7 Å². The van der Waals surface area contributed by atoms with E-state index in [9.17, 15) is 14.4 Å². The maximum absolute atomic E-state index is 15.3. The van der Waals surface area contributed by atoms with Crippen LogP contribution in [0.1, 0.15) is 121 Å². The first-order valence-corrected chi connectivity index (χ1v) is 26.1. The van der Waals surface area contributed by atoms with Gasteiger partial charge in [0.15, 0.2) is 74.6 Å². The van der Waals surface area contributed by atoms with E-state index in [2.05, 4.69) is 0 Å². The number of benzene rings is 3. The lowest BCUT2D eigenvalue weighted by atomic mass is 9.76. The maximum atomic E-state index is 15.3. The van der Waals surface area contributed by atoms with E-state index in [0.717, 1.165) is 35.3 Å². The molecular weight excluding hydrogens is 989 g/mol. The van der Waals surface area contributed by atoms with Crippen LogP contribution < -0.4 is 56.8 Å². The zero-order chi connectivity index (χ0) is 51.6. The van der Waals surface area contributed by atoms with Crippen LogP contribution in [-0.2, 0) is 34.2 Å². The molecule has 0 aromatic heterocycles. The molecular formula is C49H58O19S3. The first kappa shape index (κ1) is 50.6. The number of thioether (sulfide) groups is 3. The SMILES string of the molecule is CCOC(=O)CSc1c2c(c(C(O)(c3c4c(c(SCC(=O)OCC)c5c3OC(C)(C)O5)OC(C)(C)O4)c3c4c(c(SCC(=O)OCC)c5c3OC(C)(C)O5)OC(C)(C)O4)c3c1OC(C)(C)O3)OC(C)(C)O2. The molecule has 22 heteroatoms. The van der Waals surface area contributed by atoms with Crippen molar-refractivity contribution in [2.75, 3.05) is 37.1 Å². The molecule has 0 spiro atoms. The van der Waals surface area contributed by atoms with Gasteiger partial charge in [0.1, 0.15) is 14.7 Å². The number of aliphatic hydroxyl groups is 1. The van der Waals surface area contributed by atoms with Crippen LogP contribution in [0.5, 0.6) is 69.0 Å². The molecule has 0 atom stereocenters. The molecule has 0 bridgehead atoms. The zero-order valence-corrected chi connectivity index (χ0v) is 44.7. The van der Waals surface area contributed by atoms with Crippen molar-refractivity contribution in [3.63, 3.8) is 0 Å². The van der Waals surface area contributed by atoms with Gasteiger partial charge >= 0.3 is 17.9 Å². The number of carbonyl (C=O) groups is 3. The highest BCUT2D eigenvalue weighted by molar-refractivity contribution is 8.00. The fraction of sp³-hybridized carbons (Fsp3) is 0.571. The second kappa shape index (κ2) is 17.1. The van der Waals surface area contributed by atoms with Crippen molar-refractivity contribution in [3.8, 4) is 69.0 Å². The smallest absolute Gasteiger partial charge is 0.316 e. The molecule has 6 aliphatic heterocycles. The van der Waals surface area contributed by atoms with Crippen molar-refractivity contribution in [2.45, 2.75) is 159 Å². The first-order chi connectivity index (χ1) is 33.0. The summed E-state index contributed by atoms with van der Waals surface area (Å²) in [6.07, 6.45) is 0. The quantitative estimate of drug-likeness (QED) is 0.0651. The van der Waals surface area contributed by atoms with Crippen molar-refractivity contribution >= 4 is 53.2 Å². The van der Waals surface area contributed by atoms with E-state index in [0.29, 0.717) is 14.7 Å². The lowest BCUT2D eigenvalue weighted by Crippen LogP contribution is -2.36. The van der Waals surface area contributed by atoms with E-state index in [1.165, 1.54) is 0 Å². The monoisotopic (exact) mass is 1050 g/mol. The Kier molecular flexibility index (Phi) is 12.2. The van der Waals surface area contributed by atoms with E-state index in [-0.39, 0.29) is 123 Å². The number of ether oxygens (including phenoxy) is 15. The highest BCUT2D eigenvalue weighted by atomic mass is 32.2. The van der Waals surface area contributed by atoms with Gasteiger partial charge in [0.25, 0.3) is 0 Å².